The number of anilines is 3. The second-order valence-electron chi connectivity index (χ2n) is 9.97. The summed E-state index contributed by atoms with van der Waals surface area (Å²) in [5.74, 6) is 0.286. The van der Waals surface area contributed by atoms with E-state index in [9.17, 15) is 5.11 Å². The zero-order chi connectivity index (χ0) is 26.9. The molecule has 0 fully saturated rings. The third kappa shape index (κ3) is 4.26. The molecule has 0 unspecified atom stereocenters. The molecule has 0 saturated carbocycles. The molecule has 7 rings (SSSR count). The maximum absolute atomic E-state index is 11.0. The Labute approximate surface area is 234 Å². The van der Waals surface area contributed by atoms with E-state index in [2.05, 4.69) is 126 Å². The highest BCUT2D eigenvalue weighted by atomic mass is 16.3. The fourth-order valence-corrected chi connectivity index (χ4v) is 5.58. The van der Waals surface area contributed by atoms with Gasteiger partial charge in [0.2, 0.25) is 0 Å². The molecule has 2 heteroatoms. The summed E-state index contributed by atoms with van der Waals surface area (Å²) < 4.78 is 0. The van der Waals surface area contributed by atoms with E-state index in [1.807, 2.05) is 36.4 Å². The van der Waals surface area contributed by atoms with Gasteiger partial charge in [-0.15, -0.1) is 0 Å². The summed E-state index contributed by atoms with van der Waals surface area (Å²) in [6.07, 6.45) is 0. The van der Waals surface area contributed by atoms with E-state index in [4.69, 9.17) is 0 Å². The first-order valence-electron chi connectivity index (χ1n) is 13.5. The maximum atomic E-state index is 11.0. The first-order chi connectivity index (χ1) is 19.8. The summed E-state index contributed by atoms with van der Waals surface area (Å²) in [6.45, 7) is 0. The lowest BCUT2D eigenvalue weighted by Crippen LogP contribution is -2.10. The van der Waals surface area contributed by atoms with Crippen LogP contribution in [0.5, 0.6) is 5.75 Å². The number of fused-ring (bicyclic) bond motifs is 3. The molecule has 0 saturated heterocycles. The van der Waals surface area contributed by atoms with E-state index in [0.717, 1.165) is 38.6 Å². The van der Waals surface area contributed by atoms with Gasteiger partial charge in [-0.2, -0.15) is 0 Å². The van der Waals surface area contributed by atoms with E-state index < -0.39 is 0 Å². The normalized spacial score (nSPS) is 11.1. The van der Waals surface area contributed by atoms with Crippen molar-refractivity contribution in [1.82, 2.24) is 0 Å². The van der Waals surface area contributed by atoms with Gasteiger partial charge in [0.05, 0.1) is 5.69 Å². The Hall–Kier alpha value is -5.34. The summed E-state index contributed by atoms with van der Waals surface area (Å²) in [5, 5.41) is 15.0. The Morgan fingerprint density at radius 2 is 0.875 bits per heavy atom. The Bertz CT molecular complexity index is 1840. The van der Waals surface area contributed by atoms with Crippen molar-refractivity contribution in [2.24, 2.45) is 0 Å². The number of phenols is 1. The van der Waals surface area contributed by atoms with Gasteiger partial charge in [-0.1, -0.05) is 121 Å². The number of benzene rings is 7. The van der Waals surface area contributed by atoms with Gasteiger partial charge in [-0.25, -0.2) is 0 Å². The van der Waals surface area contributed by atoms with Crippen LogP contribution in [-0.2, 0) is 0 Å². The summed E-state index contributed by atoms with van der Waals surface area (Å²) in [4.78, 5) is 2.28. The fraction of sp³-hybridized carbons (Fsp3) is 0. The average molecular weight is 514 g/mol. The maximum Gasteiger partial charge on any atom is 0.124 e. The molecule has 40 heavy (non-hydrogen) atoms. The number of hydrogen-bond donors (Lipinski definition) is 1. The monoisotopic (exact) mass is 513 g/mol. The zero-order valence-corrected chi connectivity index (χ0v) is 21.9. The molecular weight excluding hydrogens is 486 g/mol. The van der Waals surface area contributed by atoms with Crippen LogP contribution in [0.3, 0.4) is 0 Å². The molecular formula is C38H27NO. The standard InChI is InChI=1S/C38H27NO/c40-37-26-25-36(35-24-19-31-13-7-8-14-34(31)38(35)37)39(32-20-15-29(16-21-32)27-9-3-1-4-10-27)33-22-17-30(18-23-33)28-11-5-2-6-12-28/h1-26,40H. The van der Waals surface area contributed by atoms with Crippen LogP contribution in [0.2, 0.25) is 0 Å². The Morgan fingerprint density at radius 1 is 0.375 bits per heavy atom. The van der Waals surface area contributed by atoms with E-state index in [1.54, 1.807) is 0 Å². The van der Waals surface area contributed by atoms with Crippen LogP contribution in [0, 0.1) is 0 Å². The van der Waals surface area contributed by atoms with Crippen LogP contribution >= 0.6 is 0 Å². The number of hydrogen-bond acceptors (Lipinski definition) is 2. The quantitative estimate of drug-likeness (QED) is 0.231. The highest BCUT2D eigenvalue weighted by Crippen LogP contribution is 2.44. The van der Waals surface area contributed by atoms with Gasteiger partial charge in [0, 0.05) is 22.1 Å². The molecule has 0 aromatic heterocycles. The molecule has 0 heterocycles. The number of phenolic OH excluding ortho intramolecular Hbond substituents is 1. The lowest BCUT2D eigenvalue weighted by molar-refractivity contribution is 0.482. The molecule has 0 aliphatic carbocycles. The summed E-state index contributed by atoms with van der Waals surface area (Å²) >= 11 is 0. The summed E-state index contributed by atoms with van der Waals surface area (Å²) in [7, 11) is 0. The largest absolute Gasteiger partial charge is 0.507 e. The van der Waals surface area contributed by atoms with Crippen LogP contribution in [0.1, 0.15) is 0 Å². The van der Waals surface area contributed by atoms with Crippen LogP contribution in [0.15, 0.2) is 158 Å². The minimum atomic E-state index is 0.286. The van der Waals surface area contributed by atoms with Crippen LogP contribution < -0.4 is 4.90 Å². The van der Waals surface area contributed by atoms with Gasteiger partial charge in [-0.3, -0.25) is 0 Å². The lowest BCUT2D eigenvalue weighted by atomic mass is 9.98. The zero-order valence-electron chi connectivity index (χ0n) is 21.9. The molecule has 190 valence electrons. The fourth-order valence-electron chi connectivity index (χ4n) is 5.58. The predicted octanol–water partition coefficient (Wildman–Crippen LogP) is 10.5. The van der Waals surface area contributed by atoms with Gasteiger partial charge >= 0.3 is 0 Å². The van der Waals surface area contributed by atoms with Crippen molar-refractivity contribution in [2.75, 3.05) is 4.90 Å². The van der Waals surface area contributed by atoms with E-state index in [1.165, 1.54) is 22.3 Å². The van der Waals surface area contributed by atoms with Gasteiger partial charge in [-0.05, 0) is 69.4 Å². The van der Waals surface area contributed by atoms with E-state index in [0.29, 0.717) is 0 Å². The highest BCUT2D eigenvalue weighted by molar-refractivity contribution is 6.15. The first-order valence-corrected chi connectivity index (χ1v) is 13.5. The average Bonchev–Trinajstić information content (AvgIpc) is 3.03. The molecule has 0 aliphatic rings. The van der Waals surface area contributed by atoms with E-state index >= 15 is 0 Å². The van der Waals surface area contributed by atoms with Crippen LogP contribution in [0.25, 0.3) is 43.8 Å². The number of aromatic hydroxyl groups is 1. The molecule has 0 aliphatic heterocycles. The van der Waals surface area contributed by atoms with Crippen molar-refractivity contribution >= 4 is 38.6 Å². The molecule has 0 spiro atoms. The van der Waals surface area contributed by atoms with Crippen molar-refractivity contribution < 1.29 is 5.11 Å². The third-order valence-corrected chi connectivity index (χ3v) is 7.57. The first kappa shape index (κ1) is 23.8. The van der Waals surface area contributed by atoms with Gasteiger partial charge in [0.15, 0.2) is 0 Å². The van der Waals surface area contributed by atoms with Crippen molar-refractivity contribution in [2.45, 2.75) is 0 Å². The SMILES string of the molecule is Oc1ccc(N(c2ccc(-c3ccccc3)cc2)c2ccc(-c3ccccc3)cc2)c2ccc3ccccc3c12. The molecule has 1 N–H and O–H groups in total. The van der Waals surface area contributed by atoms with Crippen molar-refractivity contribution in [3.05, 3.63) is 158 Å². The highest BCUT2D eigenvalue weighted by Gasteiger charge is 2.18. The van der Waals surface area contributed by atoms with Crippen molar-refractivity contribution in [1.29, 1.82) is 0 Å². The molecule has 2 nitrogen and oxygen atoms in total. The van der Waals surface area contributed by atoms with Gasteiger partial charge in [0.1, 0.15) is 5.75 Å². The van der Waals surface area contributed by atoms with Crippen LogP contribution in [-0.4, -0.2) is 5.11 Å². The minimum absolute atomic E-state index is 0.286. The summed E-state index contributed by atoms with van der Waals surface area (Å²) in [6, 6.07) is 54.6. The third-order valence-electron chi connectivity index (χ3n) is 7.57. The molecule has 7 aromatic rings. The molecule has 0 atom stereocenters. The smallest absolute Gasteiger partial charge is 0.124 e. The van der Waals surface area contributed by atoms with Crippen LogP contribution in [0.4, 0.5) is 17.1 Å². The molecule has 7 aromatic carbocycles. The lowest BCUT2D eigenvalue weighted by Gasteiger charge is -2.28. The van der Waals surface area contributed by atoms with Crippen molar-refractivity contribution in [3.63, 3.8) is 0 Å². The number of nitrogens with zero attached hydrogens (tertiary/aromatic N) is 1. The second-order valence-corrected chi connectivity index (χ2v) is 9.97. The molecule has 0 amide bonds. The van der Waals surface area contributed by atoms with Crippen molar-refractivity contribution in [3.8, 4) is 28.0 Å². The molecule has 0 radical (unpaired) electrons. The van der Waals surface area contributed by atoms with Gasteiger partial charge < -0.3 is 10.0 Å². The predicted molar refractivity (Wildman–Crippen MR) is 169 cm³/mol. The van der Waals surface area contributed by atoms with E-state index in [-0.39, 0.29) is 5.75 Å². The Morgan fingerprint density at radius 3 is 1.45 bits per heavy atom. The molecule has 0 bridgehead atoms. The summed E-state index contributed by atoms with van der Waals surface area (Å²) in [5.41, 5.74) is 7.83. The topological polar surface area (TPSA) is 23.5 Å². The Kier molecular flexibility index (Phi) is 5.99. The number of rotatable bonds is 5. The Balaban J connectivity index is 1.41. The second kappa shape index (κ2) is 10.1. The van der Waals surface area contributed by atoms with Gasteiger partial charge in [0.25, 0.3) is 0 Å². The minimum Gasteiger partial charge on any atom is -0.507 e.